The first-order chi connectivity index (χ1) is 15.1. The molecule has 4 rings (SSSR count). The van der Waals surface area contributed by atoms with E-state index in [1.54, 1.807) is 17.2 Å². The third-order valence-electron chi connectivity index (χ3n) is 6.05. The van der Waals surface area contributed by atoms with E-state index in [2.05, 4.69) is 39.8 Å². The van der Waals surface area contributed by atoms with Crippen LogP contribution in [0.4, 0.5) is 0 Å². The van der Waals surface area contributed by atoms with Crippen molar-refractivity contribution in [2.45, 2.75) is 26.2 Å². The molecule has 0 spiro atoms. The first-order valence-electron chi connectivity index (χ1n) is 10.8. The number of aromatic nitrogens is 2. The Morgan fingerprint density at radius 2 is 1.87 bits per heavy atom. The molecule has 0 saturated carbocycles. The molecule has 1 atom stereocenters. The highest BCUT2D eigenvalue weighted by Crippen LogP contribution is 2.37. The van der Waals surface area contributed by atoms with E-state index < -0.39 is 5.41 Å². The summed E-state index contributed by atoms with van der Waals surface area (Å²) in [6.45, 7) is 3.52. The van der Waals surface area contributed by atoms with Crippen molar-refractivity contribution in [2.75, 3.05) is 19.6 Å². The number of nitrogens with one attached hydrogen (secondary N) is 2. The number of piperidine rings is 1. The van der Waals surface area contributed by atoms with Crippen LogP contribution in [0, 0.1) is 5.41 Å². The Kier molecular flexibility index (Phi) is 6.16. The molecule has 1 aromatic heterocycles. The van der Waals surface area contributed by atoms with E-state index in [-0.39, 0.29) is 11.8 Å². The lowest BCUT2D eigenvalue weighted by molar-refractivity contribution is -0.133. The number of nitrogens with zero attached hydrogens (tertiary/aromatic N) is 2. The highest BCUT2D eigenvalue weighted by molar-refractivity contribution is 5.93. The number of carbonyl (C=O) groups is 2. The minimum Gasteiger partial charge on any atom is -0.356 e. The molecule has 1 saturated heterocycles. The van der Waals surface area contributed by atoms with Gasteiger partial charge in [-0.2, -0.15) is 5.10 Å². The first-order valence-corrected chi connectivity index (χ1v) is 10.8. The molecular weight excluding hydrogens is 388 g/mol. The Hall–Kier alpha value is -3.41. The molecule has 1 fully saturated rings. The summed E-state index contributed by atoms with van der Waals surface area (Å²) in [6, 6.07) is 20.2. The van der Waals surface area contributed by atoms with Gasteiger partial charge in [-0.3, -0.25) is 14.7 Å². The standard InChI is InChI=1S/C25H28N4O2/c1-2-26-24(31)25(14-8-16-29(18-25)23(30)22-13-15-27-28-22)17-20-11-6-7-12-21(20)19-9-4-3-5-10-19/h3-7,9-13,15H,2,8,14,16-18H2,1H3,(H,26,31)(H,27,28)/t25-/m0/s1. The van der Waals surface area contributed by atoms with Gasteiger partial charge in [0.15, 0.2) is 0 Å². The largest absolute Gasteiger partial charge is 0.356 e. The minimum atomic E-state index is -0.672. The lowest BCUT2D eigenvalue weighted by Crippen LogP contribution is -2.54. The average molecular weight is 417 g/mol. The van der Waals surface area contributed by atoms with E-state index in [0.29, 0.717) is 31.7 Å². The number of rotatable bonds is 6. The fourth-order valence-electron chi connectivity index (χ4n) is 4.55. The van der Waals surface area contributed by atoms with Crippen LogP contribution in [0.1, 0.15) is 35.8 Å². The second kappa shape index (κ2) is 9.16. The summed E-state index contributed by atoms with van der Waals surface area (Å²) in [5, 5.41) is 9.69. The summed E-state index contributed by atoms with van der Waals surface area (Å²) in [5.74, 6) is -0.0952. The van der Waals surface area contributed by atoms with E-state index >= 15 is 0 Å². The van der Waals surface area contributed by atoms with Crippen LogP contribution >= 0.6 is 0 Å². The zero-order valence-electron chi connectivity index (χ0n) is 17.8. The summed E-state index contributed by atoms with van der Waals surface area (Å²) >= 11 is 0. The van der Waals surface area contributed by atoms with Crippen molar-refractivity contribution >= 4 is 11.8 Å². The maximum absolute atomic E-state index is 13.4. The van der Waals surface area contributed by atoms with Crippen molar-refractivity contribution in [3.05, 3.63) is 78.1 Å². The first kappa shape index (κ1) is 20.8. The molecule has 0 aliphatic carbocycles. The van der Waals surface area contributed by atoms with Gasteiger partial charge in [0.05, 0.1) is 5.41 Å². The van der Waals surface area contributed by atoms with Gasteiger partial charge in [0.25, 0.3) is 5.91 Å². The van der Waals surface area contributed by atoms with Crippen molar-refractivity contribution < 1.29 is 9.59 Å². The van der Waals surface area contributed by atoms with Crippen LogP contribution in [-0.4, -0.2) is 46.5 Å². The molecule has 2 aromatic carbocycles. The summed E-state index contributed by atoms with van der Waals surface area (Å²) in [4.78, 5) is 28.1. The zero-order chi connectivity index (χ0) is 21.7. The Morgan fingerprint density at radius 1 is 1.10 bits per heavy atom. The number of hydrogen-bond donors (Lipinski definition) is 2. The van der Waals surface area contributed by atoms with Crippen LogP contribution in [0.15, 0.2) is 66.9 Å². The fourth-order valence-corrected chi connectivity index (χ4v) is 4.55. The summed E-state index contributed by atoms with van der Waals surface area (Å²) in [5.41, 5.74) is 3.16. The lowest BCUT2D eigenvalue weighted by Gasteiger charge is -2.42. The Balaban J connectivity index is 1.68. The number of benzene rings is 2. The molecule has 3 aromatic rings. The van der Waals surface area contributed by atoms with Crippen LogP contribution in [-0.2, 0) is 11.2 Å². The van der Waals surface area contributed by atoms with Gasteiger partial charge >= 0.3 is 0 Å². The van der Waals surface area contributed by atoms with Gasteiger partial charge in [0.1, 0.15) is 5.69 Å². The van der Waals surface area contributed by atoms with Gasteiger partial charge in [0, 0.05) is 25.8 Å². The third kappa shape index (κ3) is 4.38. The van der Waals surface area contributed by atoms with Gasteiger partial charge in [-0.15, -0.1) is 0 Å². The van der Waals surface area contributed by atoms with Gasteiger partial charge in [-0.25, -0.2) is 0 Å². The molecule has 0 radical (unpaired) electrons. The number of hydrogen-bond acceptors (Lipinski definition) is 3. The van der Waals surface area contributed by atoms with E-state index in [1.165, 1.54) is 0 Å². The average Bonchev–Trinajstić information content (AvgIpc) is 3.35. The topological polar surface area (TPSA) is 78.1 Å². The van der Waals surface area contributed by atoms with Gasteiger partial charge in [-0.1, -0.05) is 54.6 Å². The van der Waals surface area contributed by atoms with Crippen LogP contribution < -0.4 is 5.32 Å². The van der Waals surface area contributed by atoms with Crippen LogP contribution in [0.2, 0.25) is 0 Å². The molecule has 160 valence electrons. The minimum absolute atomic E-state index is 0.0139. The monoisotopic (exact) mass is 416 g/mol. The predicted octanol–water partition coefficient (Wildman–Crippen LogP) is 3.68. The smallest absolute Gasteiger partial charge is 0.271 e. The summed E-state index contributed by atoms with van der Waals surface area (Å²) < 4.78 is 0. The Labute approximate surface area is 182 Å². The van der Waals surface area contributed by atoms with Crippen LogP contribution in [0.3, 0.4) is 0 Å². The maximum Gasteiger partial charge on any atom is 0.271 e. The molecule has 6 heteroatoms. The number of H-pyrrole nitrogens is 1. The zero-order valence-corrected chi connectivity index (χ0v) is 17.8. The van der Waals surface area contributed by atoms with Crippen molar-refractivity contribution in [3.8, 4) is 11.1 Å². The molecule has 1 aliphatic rings. The maximum atomic E-state index is 13.4. The van der Waals surface area contributed by atoms with Crippen molar-refractivity contribution in [2.24, 2.45) is 5.41 Å². The van der Waals surface area contributed by atoms with Crippen molar-refractivity contribution in [3.63, 3.8) is 0 Å². The molecule has 6 nitrogen and oxygen atoms in total. The molecular formula is C25H28N4O2. The number of carbonyl (C=O) groups excluding carboxylic acids is 2. The van der Waals surface area contributed by atoms with Crippen molar-refractivity contribution in [1.82, 2.24) is 20.4 Å². The lowest BCUT2D eigenvalue weighted by atomic mass is 9.73. The number of aromatic amines is 1. The molecule has 0 unspecified atom stereocenters. The molecule has 2 heterocycles. The molecule has 2 amide bonds. The second-order valence-electron chi connectivity index (χ2n) is 8.14. The SMILES string of the molecule is CCNC(=O)[C@]1(Cc2ccccc2-c2ccccc2)CCCN(C(=O)c2ccn[nH]2)C1. The molecule has 1 aliphatic heterocycles. The second-order valence-corrected chi connectivity index (χ2v) is 8.14. The number of amides is 2. The van der Waals surface area contributed by atoms with Crippen molar-refractivity contribution in [1.29, 1.82) is 0 Å². The normalized spacial score (nSPS) is 18.5. The quantitative estimate of drug-likeness (QED) is 0.643. The summed E-state index contributed by atoms with van der Waals surface area (Å²) in [7, 11) is 0. The fraction of sp³-hybridized carbons (Fsp3) is 0.320. The Bertz CT molecular complexity index is 1030. The van der Waals surface area contributed by atoms with E-state index in [9.17, 15) is 9.59 Å². The van der Waals surface area contributed by atoms with E-state index in [0.717, 1.165) is 29.5 Å². The van der Waals surface area contributed by atoms with Gasteiger partial charge < -0.3 is 10.2 Å². The highest BCUT2D eigenvalue weighted by Gasteiger charge is 2.44. The predicted molar refractivity (Wildman–Crippen MR) is 120 cm³/mol. The Morgan fingerprint density at radius 3 is 2.61 bits per heavy atom. The highest BCUT2D eigenvalue weighted by atomic mass is 16.2. The van der Waals surface area contributed by atoms with E-state index in [4.69, 9.17) is 0 Å². The van der Waals surface area contributed by atoms with Crippen LogP contribution in [0.25, 0.3) is 11.1 Å². The van der Waals surface area contributed by atoms with Gasteiger partial charge in [0.2, 0.25) is 5.91 Å². The van der Waals surface area contributed by atoms with E-state index in [1.807, 2.05) is 37.3 Å². The summed E-state index contributed by atoms with van der Waals surface area (Å²) in [6.07, 6.45) is 3.68. The number of likely N-dealkylation sites (tertiary alicyclic amines) is 1. The molecule has 2 N–H and O–H groups in total. The van der Waals surface area contributed by atoms with Gasteiger partial charge in [-0.05, 0) is 48.9 Å². The van der Waals surface area contributed by atoms with Crippen LogP contribution in [0.5, 0.6) is 0 Å². The third-order valence-corrected chi connectivity index (χ3v) is 6.05. The molecule has 31 heavy (non-hydrogen) atoms. The molecule has 0 bridgehead atoms.